The second-order valence-corrected chi connectivity index (χ2v) is 7.29. The van der Waals surface area contributed by atoms with Crippen LogP contribution in [0.2, 0.25) is 0 Å². The van der Waals surface area contributed by atoms with Crippen LogP contribution in [0.1, 0.15) is 12.8 Å². The number of aromatic amines is 1. The molecule has 1 aromatic heterocycles. The van der Waals surface area contributed by atoms with Crippen LogP contribution in [-0.2, 0) is 14.8 Å². The first-order valence-corrected chi connectivity index (χ1v) is 8.36. The second-order valence-electron chi connectivity index (χ2n) is 5.32. The third-order valence-electron chi connectivity index (χ3n) is 4.03. The zero-order valence-electron chi connectivity index (χ0n) is 11.9. The number of nitrogens with two attached hydrogens (primary N) is 1. The molecule has 0 unspecified atom stereocenters. The number of H-pyrrole nitrogens is 1. The smallest absolute Gasteiger partial charge is 0.245 e. The van der Waals surface area contributed by atoms with Crippen LogP contribution in [0, 0.1) is 0 Å². The SMILES string of the molecule is CN(C1CCOCC1)S(=O)(=O)c1c[nH]c2cc(N)ccc12. The Kier molecular flexibility index (Phi) is 3.64. The molecule has 0 aliphatic carbocycles. The van der Waals surface area contributed by atoms with Gasteiger partial charge in [-0.05, 0) is 31.0 Å². The molecular formula is C14H19N3O3S. The summed E-state index contributed by atoms with van der Waals surface area (Å²) in [5.74, 6) is 0. The number of nitrogens with one attached hydrogen (secondary N) is 1. The van der Waals surface area contributed by atoms with E-state index in [1.165, 1.54) is 10.5 Å². The van der Waals surface area contributed by atoms with Crippen LogP contribution in [0.3, 0.4) is 0 Å². The molecule has 1 aliphatic rings. The Balaban J connectivity index is 1.99. The Morgan fingerprint density at radius 2 is 2.05 bits per heavy atom. The molecule has 1 saturated heterocycles. The van der Waals surface area contributed by atoms with Gasteiger partial charge in [0.05, 0.1) is 0 Å². The van der Waals surface area contributed by atoms with Gasteiger partial charge in [0.2, 0.25) is 10.0 Å². The summed E-state index contributed by atoms with van der Waals surface area (Å²) in [6.07, 6.45) is 2.99. The summed E-state index contributed by atoms with van der Waals surface area (Å²) in [7, 11) is -1.89. The number of hydrogen-bond donors (Lipinski definition) is 2. The molecule has 3 rings (SSSR count). The van der Waals surface area contributed by atoms with Crippen molar-refractivity contribution in [3.8, 4) is 0 Å². The molecule has 0 spiro atoms. The van der Waals surface area contributed by atoms with E-state index in [0.29, 0.717) is 29.2 Å². The lowest BCUT2D eigenvalue weighted by Crippen LogP contribution is -2.40. The number of anilines is 1. The highest BCUT2D eigenvalue weighted by Gasteiger charge is 2.31. The van der Waals surface area contributed by atoms with Gasteiger partial charge in [-0.25, -0.2) is 8.42 Å². The van der Waals surface area contributed by atoms with Crippen LogP contribution in [0.4, 0.5) is 5.69 Å². The van der Waals surface area contributed by atoms with Crippen molar-refractivity contribution < 1.29 is 13.2 Å². The lowest BCUT2D eigenvalue weighted by molar-refractivity contribution is 0.0632. The Morgan fingerprint density at radius 3 is 2.76 bits per heavy atom. The maximum atomic E-state index is 12.8. The van der Waals surface area contributed by atoms with Gasteiger partial charge in [-0.15, -0.1) is 0 Å². The molecule has 1 aromatic carbocycles. The summed E-state index contributed by atoms with van der Waals surface area (Å²) in [4.78, 5) is 3.28. The van der Waals surface area contributed by atoms with Crippen LogP contribution in [0.15, 0.2) is 29.3 Å². The van der Waals surface area contributed by atoms with E-state index in [0.717, 1.165) is 18.4 Å². The number of nitrogens with zero attached hydrogens (tertiary/aromatic N) is 1. The molecule has 3 N–H and O–H groups in total. The molecule has 2 heterocycles. The first kappa shape index (κ1) is 14.4. The number of rotatable bonds is 3. The average Bonchev–Trinajstić information content (AvgIpc) is 2.91. The monoisotopic (exact) mass is 309 g/mol. The van der Waals surface area contributed by atoms with E-state index in [1.54, 1.807) is 25.2 Å². The van der Waals surface area contributed by atoms with Gasteiger partial charge in [0, 0.05) is 49.1 Å². The molecule has 0 radical (unpaired) electrons. The zero-order valence-corrected chi connectivity index (χ0v) is 12.7. The lowest BCUT2D eigenvalue weighted by Gasteiger charge is -2.30. The molecule has 7 heteroatoms. The van der Waals surface area contributed by atoms with Crippen molar-refractivity contribution >= 4 is 26.6 Å². The van der Waals surface area contributed by atoms with Crippen molar-refractivity contribution in [2.75, 3.05) is 26.0 Å². The van der Waals surface area contributed by atoms with Crippen LogP contribution < -0.4 is 5.73 Å². The maximum Gasteiger partial charge on any atom is 0.245 e. The van der Waals surface area contributed by atoms with Crippen LogP contribution >= 0.6 is 0 Å². The predicted molar refractivity (Wildman–Crippen MR) is 81.5 cm³/mol. The third-order valence-corrected chi connectivity index (χ3v) is 5.98. The minimum atomic E-state index is -3.53. The van der Waals surface area contributed by atoms with Gasteiger partial charge >= 0.3 is 0 Å². The number of sulfonamides is 1. The molecule has 0 bridgehead atoms. The first-order chi connectivity index (χ1) is 10.00. The maximum absolute atomic E-state index is 12.8. The van der Waals surface area contributed by atoms with Crippen molar-refractivity contribution in [1.82, 2.24) is 9.29 Å². The van der Waals surface area contributed by atoms with Crippen molar-refractivity contribution in [1.29, 1.82) is 0 Å². The summed E-state index contributed by atoms with van der Waals surface area (Å²) in [5, 5.41) is 0.670. The zero-order chi connectivity index (χ0) is 15.0. The number of benzene rings is 1. The number of aromatic nitrogens is 1. The average molecular weight is 309 g/mol. The Bertz CT molecular complexity index is 748. The Labute approximate surface area is 123 Å². The number of ether oxygens (including phenoxy) is 1. The number of hydrogen-bond acceptors (Lipinski definition) is 4. The number of fused-ring (bicyclic) bond motifs is 1. The summed E-state index contributed by atoms with van der Waals surface area (Å²) in [6, 6.07) is 5.18. The first-order valence-electron chi connectivity index (χ1n) is 6.92. The van der Waals surface area contributed by atoms with Gasteiger partial charge in [0.15, 0.2) is 0 Å². The molecule has 6 nitrogen and oxygen atoms in total. The van der Waals surface area contributed by atoms with Crippen LogP contribution in [-0.4, -0.2) is 44.0 Å². The minimum absolute atomic E-state index is 0.0116. The van der Waals surface area contributed by atoms with Gasteiger partial charge < -0.3 is 15.5 Å². The fraction of sp³-hybridized carbons (Fsp3) is 0.429. The molecular weight excluding hydrogens is 290 g/mol. The Hall–Kier alpha value is -1.57. The standard InChI is InChI=1S/C14H19N3O3S/c1-17(11-4-6-20-7-5-11)21(18,19)14-9-16-13-8-10(15)2-3-12(13)14/h2-3,8-9,11,16H,4-7,15H2,1H3. The molecule has 1 fully saturated rings. The highest BCUT2D eigenvalue weighted by Crippen LogP contribution is 2.28. The second kappa shape index (κ2) is 5.32. The van der Waals surface area contributed by atoms with E-state index in [4.69, 9.17) is 10.5 Å². The van der Waals surface area contributed by atoms with Gasteiger partial charge in [-0.1, -0.05) is 0 Å². The topological polar surface area (TPSA) is 88.4 Å². The molecule has 1 aliphatic heterocycles. The summed E-state index contributed by atoms with van der Waals surface area (Å²) in [6.45, 7) is 1.21. The van der Waals surface area contributed by atoms with Crippen LogP contribution in [0.5, 0.6) is 0 Å². The highest BCUT2D eigenvalue weighted by molar-refractivity contribution is 7.89. The van der Waals surface area contributed by atoms with E-state index >= 15 is 0 Å². The third kappa shape index (κ3) is 2.52. The van der Waals surface area contributed by atoms with E-state index in [9.17, 15) is 8.42 Å². The van der Waals surface area contributed by atoms with E-state index in [1.807, 2.05) is 0 Å². The summed E-state index contributed by atoms with van der Waals surface area (Å²) in [5.41, 5.74) is 7.06. The number of nitrogen functional groups attached to an aromatic ring is 1. The van der Waals surface area contributed by atoms with Gasteiger partial charge in [-0.3, -0.25) is 0 Å². The van der Waals surface area contributed by atoms with Crippen molar-refractivity contribution in [3.05, 3.63) is 24.4 Å². The Morgan fingerprint density at radius 1 is 1.33 bits per heavy atom. The summed E-state index contributed by atoms with van der Waals surface area (Å²) < 4.78 is 32.4. The van der Waals surface area contributed by atoms with Crippen molar-refractivity contribution in [2.45, 2.75) is 23.8 Å². The largest absolute Gasteiger partial charge is 0.399 e. The molecule has 0 amide bonds. The fourth-order valence-electron chi connectivity index (χ4n) is 2.73. The molecule has 2 aromatic rings. The predicted octanol–water partition coefficient (Wildman–Crippen LogP) is 1.55. The fourth-order valence-corrected chi connectivity index (χ4v) is 4.31. The van der Waals surface area contributed by atoms with E-state index in [-0.39, 0.29) is 6.04 Å². The summed E-state index contributed by atoms with van der Waals surface area (Å²) >= 11 is 0. The normalized spacial score (nSPS) is 17.6. The van der Waals surface area contributed by atoms with Crippen molar-refractivity contribution in [2.24, 2.45) is 0 Å². The quantitative estimate of drug-likeness (QED) is 0.842. The van der Waals surface area contributed by atoms with Crippen LogP contribution in [0.25, 0.3) is 10.9 Å². The van der Waals surface area contributed by atoms with Gasteiger partial charge in [0.1, 0.15) is 4.90 Å². The minimum Gasteiger partial charge on any atom is -0.399 e. The highest BCUT2D eigenvalue weighted by atomic mass is 32.2. The lowest BCUT2D eigenvalue weighted by atomic mass is 10.1. The molecule has 0 atom stereocenters. The van der Waals surface area contributed by atoms with Crippen molar-refractivity contribution in [3.63, 3.8) is 0 Å². The van der Waals surface area contributed by atoms with E-state index < -0.39 is 10.0 Å². The molecule has 0 saturated carbocycles. The molecule has 21 heavy (non-hydrogen) atoms. The van der Waals surface area contributed by atoms with Gasteiger partial charge in [0.25, 0.3) is 0 Å². The van der Waals surface area contributed by atoms with Gasteiger partial charge in [-0.2, -0.15) is 4.31 Å². The van der Waals surface area contributed by atoms with E-state index in [2.05, 4.69) is 4.98 Å². The molecule has 114 valence electrons.